The smallest absolute Gasteiger partial charge is 0.274 e. The Morgan fingerprint density at radius 1 is 1.22 bits per heavy atom. The number of aromatic nitrogens is 3. The van der Waals surface area contributed by atoms with Crippen molar-refractivity contribution >= 4 is 16.6 Å². The van der Waals surface area contributed by atoms with Crippen molar-refractivity contribution in [1.82, 2.24) is 19.7 Å². The molecule has 1 aromatic carbocycles. The van der Waals surface area contributed by atoms with Crippen LogP contribution in [0.4, 0.5) is 19.0 Å². The van der Waals surface area contributed by atoms with Crippen LogP contribution in [0.25, 0.3) is 10.8 Å². The molecule has 0 radical (unpaired) electrons. The Morgan fingerprint density at radius 2 is 1.94 bits per heavy atom. The monoisotopic (exact) mass is 445 g/mol. The SMILES string of the molecule is C[C@@H](Nc1nn(C)c(=O)c2cc(=O)n(C34CNC(C3)C4)cc12)c1cccc(C(F)F)c1F. The number of alkyl halides is 2. The van der Waals surface area contributed by atoms with E-state index in [1.165, 1.54) is 25.2 Å². The highest BCUT2D eigenvalue weighted by molar-refractivity contribution is 5.90. The zero-order valence-electron chi connectivity index (χ0n) is 17.5. The van der Waals surface area contributed by atoms with Gasteiger partial charge in [0.25, 0.3) is 17.5 Å². The van der Waals surface area contributed by atoms with Crippen molar-refractivity contribution in [1.29, 1.82) is 0 Å². The number of anilines is 1. The van der Waals surface area contributed by atoms with E-state index in [9.17, 15) is 22.8 Å². The molecule has 1 saturated carbocycles. The minimum Gasteiger partial charge on any atom is -0.361 e. The van der Waals surface area contributed by atoms with Gasteiger partial charge in [0.15, 0.2) is 5.82 Å². The van der Waals surface area contributed by atoms with Crippen LogP contribution in [0.5, 0.6) is 0 Å². The molecule has 2 aromatic heterocycles. The van der Waals surface area contributed by atoms with E-state index < -0.39 is 29.4 Å². The van der Waals surface area contributed by atoms with Gasteiger partial charge >= 0.3 is 0 Å². The molecule has 4 heterocycles. The van der Waals surface area contributed by atoms with Gasteiger partial charge in [0.05, 0.1) is 22.5 Å². The molecular formula is C22H22F3N5O2. The lowest BCUT2D eigenvalue weighted by Crippen LogP contribution is -2.48. The molecule has 2 N–H and O–H groups in total. The number of nitrogens with zero attached hydrogens (tertiary/aromatic N) is 3. The van der Waals surface area contributed by atoms with Crippen LogP contribution in [0.3, 0.4) is 0 Å². The maximum atomic E-state index is 14.7. The highest BCUT2D eigenvalue weighted by Gasteiger charge is 2.52. The lowest BCUT2D eigenvalue weighted by molar-refractivity contribution is 0.146. The average molecular weight is 445 g/mol. The van der Waals surface area contributed by atoms with Crippen LogP contribution in [-0.4, -0.2) is 26.9 Å². The van der Waals surface area contributed by atoms with Crippen LogP contribution in [0, 0.1) is 5.82 Å². The largest absolute Gasteiger partial charge is 0.361 e. The Balaban J connectivity index is 1.61. The highest BCUT2D eigenvalue weighted by Crippen LogP contribution is 2.44. The maximum Gasteiger partial charge on any atom is 0.274 e. The zero-order valence-corrected chi connectivity index (χ0v) is 17.5. The molecular weight excluding hydrogens is 423 g/mol. The number of benzene rings is 1. The number of hydrogen-bond donors (Lipinski definition) is 2. The van der Waals surface area contributed by atoms with Crippen molar-refractivity contribution in [3.8, 4) is 0 Å². The summed E-state index contributed by atoms with van der Waals surface area (Å²) >= 11 is 0. The van der Waals surface area contributed by atoms with Crippen LogP contribution in [0.15, 0.2) is 40.1 Å². The Bertz CT molecular complexity index is 1340. The number of pyridine rings is 1. The highest BCUT2D eigenvalue weighted by atomic mass is 19.3. The molecule has 1 aliphatic carbocycles. The standard InChI is InChI=1S/C22H22F3N5O2/c1-11(13-4-3-5-14(18(13)23)19(24)25)27-20-16-9-30(22-7-12(8-22)26-10-22)17(31)6-15(16)21(32)29(2)28-20/h3-6,9,11-12,19,26H,7-8,10H2,1-2H3,(H,27,28)/t11-,12?,22?/m1/s1. The summed E-state index contributed by atoms with van der Waals surface area (Å²) in [6.45, 7) is 2.30. The fourth-order valence-corrected chi connectivity index (χ4v) is 4.92. The van der Waals surface area contributed by atoms with E-state index in [-0.39, 0.29) is 27.9 Å². The van der Waals surface area contributed by atoms with Gasteiger partial charge in [-0.25, -0.2) is 17.9 Å². The van der Waals surface area contributed by atoms with Gasteiger partial charge in [-0.1, -0.05) is 18.2 Å². The molecule has 3 aromatic rings. The van der Waals surface area contributed by atoms with Crippen molar-refractivity contribution in [3.05, 3.63) is 68.1 Å². The summed E-state index contributed by atoms with van der Waals surface area (Å²) < 4.78 is 43.7. The van der Waals surface area contributed by atoms with E-state index in [4.69, 9.17) is 0 Å². The molecule has 3 aliphatic rings. The van der Waals surface area contributed by atoms with Crippen molar-refractivity contribution in [2.75, 3.05) is 11.9 Å². The Kier molecular flexibility index (Phi) is 4.66. The molecule has 2 aliphatic heterocycles. The van der Waals surface area contributed by atoms with Gasteiger partial charge in [-0.3, -0.25) is 9.59 Å². The first kappa shape index (κ1) is 20.7. The van der Waals surface area contributed by atoms with Gasteiger partial charge in [0, 0.05) is 42.8 Å². The molecule has 3 fully saturated rings. The van der Waals surface area contributed by atoms with Gasteiger partial charge in [-0.15, -0.1) is 0 Å². The van der Waals surface area contributed by atoms with Crippen molar-refractivity contribution < 1.29 is 13.2 Å². The minimum absolute atomic E-state index is 0.0559. The van der Waals surface area contributed by atoms with Crippen molar-refractivity contribution in [2.45, 2.75) is 43.8 Å². The second-order valence-corrected chi connectivity index (χ2v) is 8.71. The number of nitrogens with one attached hydrogen (secondary N) is 2. The van der Waals surface area contributed by atoms with Crippen LogP contribution >= 0.6 is 0 Å². The molecule has 2 bridgehead atoms. The number of fused-ring (bicyclic) bond motifs is 2. The molecule has 6 rings (SSSR count). The normalized spacial score (nSPS) is 22.9. The Hall–Kier alpha value is -3.14. The average Bonchev–Trinajstić information content (AvgIpc) is 3.33. The van der Waals surface area contributed by atoms with Crippen LogP contribution in [0.1, 0.15) is 43.4 Å². The Morgan fingerprint density at radius 3 is 2.59 bits per heavy atom. The molecule has 0 unspecified atom stereocenters. The molecule has 10 heteroatoms. The first-order valence-electron chi connectivity index (χ1n) is 10.4. The van der Waals surface area contributed by atoms with Crippen LogP contribution < -0.4 is 21.8 Å². The number of aryl methyl sites for hydroxylation is 1. The molecule has 7 nitrogen and oxygen atoms in total. The molecule has 0 spiro atoms. The fraction of sp³-hybridized carbons (Fsp3) is 0.409. The lowest BCUT2D eigenvalue weighted by Gasteiger charge is -2.38. The summed E-state index contributed by atoms with van der Waals surface area (Å²) in [4.78, 5) is 25.5. The van der Waals surface area contributed by atoms with Crippen LogP contribution in [0.2, 0.25) is 0 Å². The van der Waals surface area contributed by atoms with Gasteiger partial charge in [-0.05, 0) is 19.8 Å². The van der Waals surface area contributed by atoms with E-state index in [0.717, 1.165) is 23.6 Å². The van der Waals surface area contributed by atoms with Gasteiger partial charge in [0.2, 0.25) is 0 Å². The summed E-state index contributed by atoms with van der Waals surface area (Å²) in [7, 11) is 1.46. The van der Waals surface area contributed by atoms with E-state index in [1.54, 1.807) is 17.7 Å². The van der Waals surface area contributed by atoms with Gasteiger partial charge in [0.1, 0.15) is 5.82 Å². The minimum atomic E-state index is -2.93. The summed E-state index contributed by atoms with van der Waals surface area (Å²) in [6.07, 6.45) is 0.373. The van der Waals surface area contributed by atoms with E-state index in [2.05, 4.69) is 15.7 Å². The quantitative estimate of drug-likeness (QED) is 0.631. The van der Waals surface area contributed by atoms with E-state index in [1.807, 2.05) is 0 Å². The van der Waals surface area contributed by atoms with Crippen LogP contribution in [-0.2, 0) is 12.6 Å². The second-order valence-electron chi connectivity index (χ2n) is 8.71. The third kappa shape index (κ3) is 3.04. The summed E-state index contributed by atoms with van der Waals surface area (Å²) in [5, 5.41) is 11.3. The summed E-state index contributed by atoms with van der Waals surface area (Å²) in [6, 6.07) is 4.84. The molecule has 168 valence electrons. The number of hydrogen-bond acceptors (Lipinski definition) is 5. The predicted octanol–water partition coefficient (Wildman–Crippen LogP) is 2.81. The van der Waals surface area contributed by atoms with Crippen molar-refractivity contribution in [2.24, 2.45) is 7.05 Å². The molecule has 32 heavy (non-hydrogen) atoms. The number of halogens is 3. The summed E-state index contributed by atoms with van der Waals surface area (Å²) in [5.41, 5.74) is -1.63. The molecule has 0 amide bonds. The third-order valence-corrected chi connectivity index (χ3v) is 6.68. The zero-order chi connectivity index (χ0) is 22.8. The van der Waals surface area contributed by atoms with Crippen molar-refractivity contribution in [3.63, 3.8) is 0 Å². The van der Waals surface area contributed by atoms with E-state index >= 15 is 0 Å². The number of rotatable bonds is 5. The second kappa shape index (κ2) is 7.19. The summed E-state index contributed by atoms with van der Waals surface area (Å²) in [5.74, 6) is -0.714. The molecule has 2 saturated heterocycles. The van der Waals surface area contributed by atoms with Gasteiger partial charge in [-0.2, -0.15) is 5.10 Å². The topological polar surface area (TPSA) is 81.0 Å². The lowest BCUT2D eigenvalue weighted by atomic mass is 9.77. The Labute approximate surface area is 180 Å². The fourth-order valence-electron chi connectivity index (χ4n) is 4.92. The van der Waals surface area contributed by atoms with Gasteiger partial charge < -0.3 is 15.2 Å². The van der Waals surface area contributed by atoms with E-state index in [0.29, 0.717) is 18.0 Å². The first-order chi connectivity index (χ1) is 15.2. The predicted molar refractivity (Wildman–Crippen MR) is 114 cm³/mol. The first-order valence-corrected chi connectivity index (χ1v) is 10.4. The maximum absolute atomic E-state index is 14.7. The molecule has 1 atom stereocenters. The third-order valence-electron chi connectivity index (χ3n) is 6.68.